The number of anilines is 1. The summed E-state index contributed by atoms with van der Waals surface area (Å²) in [5, 5.41) is 6.99. The molecule has 0 unspecified atom stereocenters. The summed E-state index contributed by atoms with van der Waals surface area (Å²) < 4.78 is 41.2. The van der Waals surface area contributed by atoms with Crippen molar-refractivity contribution in [2.24, 2.45) is 0 Å². The van der Waals surface area contributed by atoms with E-state index in [1.54, 1.807) is 16.9 Å². The molecule has 1 N–H and O–H groups in total. The molecule has 0 saturated carbocycles. The van der Waals surface area contributed by atoms with Gasteiger partial charge < -0.3 is 5.32 Å². The second-order valence-corrected chi connectivity index (χ2v) is 6.72. The molecule has 0 aliphatic heterocycles. The van der Waals surface area contributed by atoms with Crippen LogP contribution in [0.5, 0.6) is 0 Å². The highest BCUT2D eigenvalue weighted by atomic mass is 32.1. The number of hydrogen-bond donors (Lipinski definition) is 1. The fraction of sp³-hybridized carbons (Fsp3) is 0.312. The number of aryl methyl sites for hydroxylation is 2. The van der Waals surface area contributed by atoms with Crippen molar-refractivity contribution >= 4 is 17.3 Å². The Hall–Kier alpha value is -2.42. The lowest BCUT2D eigenvalue weighted by Crippen LogP contribution is -2.12. The van der Waals surface area contributed by atoms with Gasteiger partial charge in [-0.1, -0.05) is 0 Å². The van der Waals surface area contributed by atoms with Crippen molar-refractivity contribution in [3.63, 3.8) is 0 Å². The predicted octanol–water partition coefficient (Wildman–Crippen LogP) is 4.36. The van der Waals surface area contributed by atoms with Crippen molar-refractivity contribution in [2.75, 3.05) is 5.32 Å². The first-order valence-corrected chi connectivity index (χ1v) is 8.45. The first-order valence-electron chi connectivity index (χ1n) is 7.63. The SMILES string of the molecule is CCn1cc(CNc2nc(-c3ccc(C)s3)cc(C(F)(F)F)n2)cn1. The maximum Gasteiger partial charge on any atom is 0.433 e. The molecule has 0 atom stereocenters. The van der Waals surface area contributed by atoms with Crippen LogP contribution in [0, 0.1) is 6.92 Å². The minimum absolute atomic E-state index is 0.0554. The van der Waals surface area contributed by atoms with Crippen molar-refractivity contribution in [2.45, 2.75) is 33.1 Å². The van der Waals surface area contributed by atoms with Gasteiger partial charge in [0.25, 0.3) is 0 Å². The van der Waals surface area contributed by atoms with Crippen molar-refractivity contribution in [1.82, 2.24) is 19.7 Å². The van der Waals surface area contributed by atoms with Gasteiger partial charge in [-0.05, 0) is 32.0 Å². The van der Waals surface area contributed by atoms with Crippen LogP contribution in [0.2, 0.25) is 0 Å². The molecule has 0 amide bonds. The molecule has 9 heteroatoms. The Morgan fingerprint density at radius 3 is 2.64 bits per heavy atom. The zero-order valence-electron chi connectivity index (χ0n) is 13.6. The third-order valence-corrected chi connectivity index (χ3v) is 4.49. The van der Waals surface area contributed by atoms with E-state index in [0.29, 0.717) is 11.4 Å². The molecule has 0 fully saturated rings. The maximum atomic E-state index is 13.2. The van der Waals surface area contributed by atoms with Crippen molar-refractivity contribution in [3.05, 3.63) is 46.7 Å². The lowest BCUT2D eigenvalue weighted by Gasteiger charge is -2.10. The van der Waals surface area contributed by atoms with Crippen LogP contribution in [0.25, 0.3) is 10.6 Å². The van der Waals surface area contributed by atoms with Gasteiger partial charge in [0.2, 0.25) is 5.95 Å². The molecule has 3 aromatic rings. The third-order valence-electron chi connectivity index (χ3n) is 3.47. The van der Waals surface area contributed by atoms with Gasteiger partial charge in [-0.15, -0.1) is 11.3 Å². The Bertz CT molecular complexity index is 869. The van der Waals surface area contributed by atoms with Gasteiger partial charge in [0.15, 0.2) is 5.69 Å². The highest BCUT2D eigenvalue weighted by molar-refractivity contribution is 7.15. The summed E-state index contributed by atoms with van der Waals surface area (Å²) in [6, 6.07) is 4.59. The van der Waals surface area contributed by atoms with Crippen LogP contribution < -0.4 is 5.32 Å². The number of hydrogen-bond acceptors (Lipinski definition) is 5. The second kappa shape index (κ2) is 6.83. The molecule has 3 rings (SSSR count). The van der Waals surface area contributed by atoms with Crippen molar-refractivity contribution in [3.8, 4) is 10.6 Å². The molecule has 0 aliphatic carbocycles. The molecule has 0 saturated heterocycles. The van der Waals surface area contributed by atoms with E-state index in [4.69, 9.17) is 0 Å². The van der Waals surface area contributed by atoms with E-state index in [2.05, 4.69) is 20.4 Å². The molecular formula is C16H16F3N5S. The molecule has 0 aliphatic rings. The Morgan fingerprint density at radius 1 is 1.24 bits per heavy atom. The van der Waals surface area contributed by atoms with Gasteiger partial charge >= 0.3 is 6.18 Å². The van der Waals surface area contributed by atoms with Gasteiger partial charge in [0, 0.05) is 29.7 Å². The van der Waals surface area contributed by atoms with Crippen LogP contribution in [0.15, 0.2) is 30.6 Å². The normalized spacial score (nSPS) is 11.7. The van der Waals surface area contributed by atoms with Crippen LogP contribution in [0.1, 0.15) is 23.1 Å². The Kier molecular flexibility index (Phi) is 4.76. The number of nitrogens with zero attached hydrogens (tertiary/aromatic N) is 4. The average Bonchev–Trinajstić information content (AvgIpc) is 3.20. The molecular weight excluding hydrogens is 351 g/mol. The number of aromatic nitrogens is 4. The summed E-state index contributed by atoms with van der Waals surface area (Å²) in [5.74, 6) is -0.0554. The first-order chi connectivity index (χ1) is 11.8. The molecule has 0 bridgehead atoms. The number of rotatable bonds is 5. The van der Waals surface area contributed by atoms with Crippen LogP contribution in [-0.4, -0.2) is 19.7 Å². The minimum Gasteiger partial charge on any atom is -0.350 e. The molecule has 0 radical (unpaired) electrons. The Balaban J connectivity index is 1.89. The van der Waals surface area contributed by atoms with Crippen LogP contribution in [0.4, 0.5) is 19.1 Å². The van der Waals surface area contributed by atoms with Gasteiger partial charge in [0.05, 0.1) is 16.8 Å². The van der Waals surface area contributed by atoms with E-state index >= 15 is 0 Å². The minimum atomic E-state index is -4.53. The van der Waals surface area contributed by atoms with Gasteiger partial charge in [-0.25, -0.2) is 9.97 Å². The van der Waals surface area contributed by atoms with Crippen molar-refractivity contribution < 1.29 is 13.2 Å². The van der Waals surface area contributed by atoms with Gasteiger partial charge in [-0.3, -0.25) is 4.68 Å². The van der Waals surface area contributed by atoms with Crippen molar-refractivity contribution in [1.29, 1.82) is 0 Å². The Labute approximate surface area is 146 Å². The van der Waals surface area contributed by atoms with Crippen LogP contribution in [0.3, 0.4) is 0 Å². The fourth-order valence-corrected chi connectivity index (χ4v) is 3.05. The first kappa shape index (κ1) is 17.4. The molecule has 5 nitrogen and oxygen atoms in total. The van der Waals surface area contributed by atoms with E-state index in [-0.39, 0.29) is 11.6 Å². The lowest BCUT2D eigenvalue weighted by atomic mass is 10.2. The average molecular weight is 367 g/mol. The smallest absolute Gasteiger partial charge is 0.350 e. The topological polar surface area (TPSA) is 55.6 Å². The predicted molar refractivity (Wildman–Crippen MR) is 90.3 cm³/mol. The number of alkyl halides is 3. The standard InChI is InChI=1S/C16H16F3N5S/c1-3-24-9-11(8-21-24)7-20-15-22-12(13-5-4-10(2)25-13)6-14(23-15)16(17,18)19/h4-6,8-9H,3,7H2,1-2H3,(H,20,22,23). The largest absolute Gasteiger partial charge is 0.433 e. The number of nitrogens with one attached hydrogen (secondary N) is 1. The quantitative estimate of drug-likeness (QED) is 0.728. The summed E-state index contributed by atoms with van der Waals surface area (Å²) in [5.41, 5.74) is 0.138. The molecule has 25 heavy (non-hydrogen) atoms. The third kappa shape index (κ3) is 4.16. The van der Waals surface area contributed by atoms with E-state index in [1.165, 1.54) is 11.3 Å². The van der Waals surface area contributed by atoms with Gasteiger partial charge in [-0.2, -0.15) is 18.3 Å². The summed E-state index contributed by atoms with van der Waals surface area (Å²) >= 11 is 1.39. The van der Waals surface area contributed by atoms with Crippen LogP contribution >= 0.6 is 11.3 Å². The molecule has 3 heterocycles. The highest BCUT2D eigenvalue weighted by Crippen LogP contribution is 2.33. The summed E-state index contributed by atoms with van der Waals surface area (Å²) in [6.07, 6.45) is -1.05. The Morgan fingerprint density at radius 2 is 2.04 bits per heavy atom. The second-order valence-electron chi connectivity index (χ2n) is 5.43. The molecule has 3 aromatic heterocycles. The summed E-state index contributed by atoms with van der Waals surface area (Å²) in [7, 11) is 0. The number of thiophene rings is 1. The maximum absolute atomic E-state index is 13.2. The van der Waals surface area contributed by atoms with E-state index < -0.39 is 11.9 Å². The fourth-order valence-electron chi connectivity index (χ4n) is 2.22. The summed E-state index contributed by atoms with van der Waals surface area (Å²) in [6.45, 7) is 4.87. The lowest BCUT2D eigenvalue weighted by molar-refractivity contribution is -0.141. The number of halogens is 3. The molecule has 0 spiro atoms. The zero-order valence-corrected chi connectivity index (χ0v) is 14.4. The molecule has 0 aromatic carbocycles. The van der Waals surface area contributed by atoms with E-state index in [1.807, 2.05) is 26.1 Å². The van der Waals surface area contributed by atoms with Gasteiger partial charge in [0.1, 0.15) is 0 Å². The monoisotopic (exact) mass is 367 g/mol. The van der Waals surface area contributed by atoms with Crippen LogP contribution in [-0.2, 0) is 19.3 Å². The van der Waals surface area contributed by atoms with E-state index in [0.717, 1.165) is 23.1 Å². The zero-order chi connectivity index (χ0) is 18.0. The molecule has 132 valence electrons. The van der Waals surface area contributed by atoms with E-state index in [9.17, 15) is 13.2 Å². The highest BCUT2D eigenvalue weighted by Gasteiger charge is 2.34. The summed E-state index contributed by atoms with van der Waals surface area (Å²) in [4.78, 5) is 9.52.